The van der Waals surface area contributed by atoms with Gasteiger partial charge in [0.1, 0.15) is 0 Å². The molecule has 1 aromatic carbocycles. The second-order valence-corrected chi connectivity index (χ2v) is 5.98. The van der Waals surface area contributed by atoms with Crippen molar-refractivity contribution in [3.63, 3.8) is 0 Å². The van der Waals surface area contributed by atoms with E-state index in [0.717, 1.165) is 5.56 Å². The zero-order valence-electron chi connectivity index (χ0n) is 12.8. The lowest BCUT2D eigenvalue weighted by Crippen LogP contribution is -2.11. The lowest BCUT2D eigenvalue weighted by Gasteiger charge is -2.18. The van der Waals surface area contributed by atoms with Crippen LogP contribution in [0.2, 0.25) is 0 Å². The van der Waals surface area contributed by atoms with E-state index in [1.54, 1.807) is 13.1 Å². The first-order valence-corrected chi connectivity index (χ1v) is 6.82. The van der Waals surface area contributed by atoms with Crippen LogP contribution in [0.5, 0.6) is 0 Å². The van der Waals surface area contributed by atoms with Crippen LogP contribution >= 0.6 is 0 Å². The molecule has 1 aromatic heterocycles. The third-order valence-electron chi connectivity index (χ3n) is 3.03. The summed E-state index contributed by atoms with van der Waals surface area (Å²) in [5.41, 5.74) is 5.56. The number of aryl methyl sites for hydroxylation is 1. The highest BCUT2D eigenvalue weighted by atomic mass is 16.1. The maximum absolute atomic E-state index is 11.3. The molecule has 0 aliphatic carbocycles. The van der Waals surface area contributed by atoms with E-state index in [1.165, 1.54) is 11.6 Å². The number of aromatic amines is 1. The van der Waals surface area contributed by atoms with E-state index in [4.69, 9.17) is 0 Å². The zero-order chi connectivity index (χ0) is 15.5. The summed E-state index contributed by atoms with van der Waals surface area (Å²) in [4.78, 5) is 18.0. The van der Waals surface area contributed by atoms with Gasteiger partial charge in [-0.2, -0.15) is 5.10 Å². The summed E-state index contributed by atoms with van der Waals surface area (Å²) in [6, 6.07) is 9.64. The molecule has 0 saturated carbocycles. The highest BCUT2D eigenvalue weighted by molar-refractivity contribution is 5.80. The summed E-state index contributed by atoms with van der Waals surface area (Å²) in [6.45, 7) is 8.29. The molecule has 0 radical (unpaired) electrons. The van der Waals surface area contributed by atoms with Gasteiger partial charge in [0.2, 0.25) is 5.95 Å². The van der Waals surface area contributed by atoms with Gasteiger partial charge in [-0.15, -0.1) is 0 Å². The molecule has 0 saturated heterocycles. The van der Waals surface area contributed by atoms with E-state index in [-0.39, 0.29) is 11.0 Å². The van der Waals surface area contributed by atoms with Gasteiger partial charge in [-0.05, 0) is 23.5 Å². The first kappa shape index (κ1) is 15.0. The minimum atomic E-state index is -0.199. The van der Waals surface area contributed by atoms with Crippen LogP contribution in [0.25, 0.3) is 0 Å². The Balaban J connectivity index is 2.06. The van der Waals surface area contributed by atoms with Gasteiger partial charge in [0.15, 0.2) is 0 Å². The summed E-state index contributed by atoms with van der Waals surface area (Å²) in [7, 11) is 0. The molecule has 110 valence electrons. The van der Waals surface area contributed by atoms with Crippen molar-refractivity contribution < 1.29 is 0 Å². The summed E-state index contributed by atoms with van der Waals surface area (Å²) in [5.74, 6) is 0.336. The number of aromatic nitrogens is 2. The topological polar surface area (TPSA) is 70.1 Å². The van der Waals surface area contributed by atoms with Crippen LogP contribution in [0, 0.1) is 6.92 Å². The Morgan fingerprint density at radius 1 is 1.24 bits per heavy atom. The van der Waals surface area contributed by atoms with Gasteiger partial charge < -0.3 is 0 Å². The molecule has 0 spiro atoms. The Kier molecular flexibility index (Phi) is 4.21. The van der Waals surface area contributed by atoms with E-state index < -0.39 is 0 Å². The van der Waals surface area contributed by atoms with Crippen LogP contribution in [-0.2, 0) is 5.41 Å². The van der Waals surface area contributed by atoms with Gasteiger partial charge in [0.25, 0.3) is 5.56 Å². The molecular weight excluding hydrogens is 264 g/mol. The van der Waals surface area contributed by atoms with Gasteiger partial charge in [-0.1, -0.05) is 45.0 Å². The summed E-state index contributed by atoms with van der Waals surface area (Å²) >= 11 is 0. The molecule has 0 aliphatic heterocycles. The average molecular weight is 284 g/mol. The Labute approximate surface area is 124 Å². The summed E-state index contributed by atoms with van der Waals surface area (Å²) in [5, 5.41) is 4.08. The predicted octanol–water partition coefficient (Wildman–Crippen LogP) is 2.82. The van der Waals surface area contributed by atoms with Crippen molar-refractivity contribution in [2.24, 2.45) is 5.10 Å². The quantitative estimate of drug-likeness (QED) is 0.672. The Bertz CT molecular complexity index is 693. The van der Waals surface area contributed by atoms with Crippen molar-refractivity contribution in [2.45, 2.75) is 33.1 Å². The molecule has 2 N–H and O–H groups in total. The van der Waals surface area contributed by atoms with Crippen molar-refractivity contribution >= 4 is 12.2 Å². The van der Waals surface area contributed by atoms with Crippen molar-refractivity contribution in [1.82, 2.24) is 9.97 Å². The molecule has 0 atom stereocenters. The minimum absolute atomic E-state index is 0.138. The number of benzene rings is 1. The molecule has 0 amide bonds. The fourth-order valence-electron chi connectivity index (χ4n) is 1.87. The molecule has 5 nitrogen and oxygen atoms in total. The van der Waals surface area contributed by atoms with Crippen LogP contribution in [-0.4, -0.2) is 16.2 Å². The second-order valence-electron chi connectivity index (χ2n) is 5.98. The number of nitrogens with one attached hydrogen (secondary N) is 2. The fraction of sp³-hybridized carbons (Fsp3) is 0.312. The van der Waals surface area contributed by atoms with Crippen LogP contribution in [0.15, 0.2) is 40.2 Å². The Morgan fingerprint density at radius 3 is 2.48 bits per heavy atom. The van der Waals surface area contributed by atoms with E-state index in [1.807, 2.05) is 12.1 Å². The van der Waals surface area contributed by atoms with Crippen LogP contribution in [0.4, 0.5) is 5.95 Å². The van der Waals surface area contributed by atoms with E-state index in [2.05, 4.69) is 53.4 Å². The first-order chi connectivity index (χ1) is 9.84. The second kappa shape index (κ2) is 5.91. The van der Waals surface area contributed by atoms with Gasteiger partial charge in [-0.25, -0.2) is 10.4 Å². The highest BCUT2D eigenvalue weighted by Crippen LogP contribution is 2.21. The molecule has 21 heavy (non-hydrogen) atoms. The molecule has 1 heterocycles. The smallest absolute Gasteiger partial charge is 0.252 e. The SMILES string of the molecule is Cc1cc(=O)[nH]c(NN=Cc2ccc(C(C)(C)C)cc2)n1. The Morgan fingerprint density at radius 2 is 1.90 bits per heavy atom. The standard InChI is InChI=1S/C16H20N4O/c1-11-9-14(21)19-15(18-11)20-17-10-12-5-7-13(8-6-12)16(2,3)4/h5-10H,1-4H3,(H2,18,19,20,21). The fourth-order valence-corrected chi connectivity index (χ4v) is 1.87. The zero-order valence-corrected chi connectivity index (χ0v) is 12.8. The third kappa shape index (κ3) is 4.27. The van der Waals surface area contributed by atoms with Crippen LogP contribution < -0.4 is 11.0 Å². The van der Waals surface area contributed by atoms with Gasteiger partial charge in [0, 0.05) is 11.8 Å². The number of H-pyrrole nitrogens is 1. The summed E-state index contributed by atoms with van der Waals surface area (Å²) < 4.78 is 0. The van der Waals surface area contributed by atoms with Gasteiger partial charge in [-0.3, -0.25) is 9.78 Å². The number of hydrazone groups is 1. The number of hydrogen-bond donors (Lipinski definition) is 2. The molecule has 2 rings (SSSR count). The molecule has 2 aromatic rings. The largest absolute Gasteiger partial charge is 0.291 e. The van der Waals surface area contributed by atoms with Crippen molar-refractivity contribution in [3.05, 3.63) is 57.5 Å². The van der Waals surface area contributed by atoms with Crippen molar-refractivity contribution in [1.29, 1.82) is 0 Å². The van der Waals surface area contributed by atoms with Crippen molar-refractivity contribution in [3.8, 4) is 0 Å². The molecule has 0 aliphatic rings. The number of hydrogen-bond acceptors (Lipinski definition) is 4. The van der Waals surface area contributed by atoms with E-state index in [0.29, 0.717) is 11.6 Å². The van der Waals surface area contributed by atoms with Gasteiger partial charge in [0.05, 0.1) is 6.21 Å². The molecule has 0 fully saturated rings. The number of anilines is 1. The normalized spacial score (nSPS) is 11.8. The van der Waals surface area contributed by atoms with E-state index in [9.17, 15) is 4.79 Å². The molecule has 0 bridgehead atoms. The monoisotopic (exact) mass is 284 g/mol. The maximum Gasteiger partial charge on any atom is 0.252 e. The van der Waals surface area contributed by atoms with Gasteiger partial charge >= 0.3 is 0 Å². The number of rotatable bonds is 3. The summed E-state index contributed by atoms with van der Waals surface area (Å²) in [6.07, 6.45) is 1.69. The lowest BCUT2D eigenvalue weighted by molar-refractivity contribution is 0.590. The third-order valence-corrected chi connectivity index (χ3v) is 3.03. The molecular formula is C16H20N4O. The van der Waals surface area contributed by atoms with E-state index >= 15 is 0 Å². The van der Waals surface area contributed by atoms with Crippen LogP contribution in [0.3, 0.4) is 0 Å². The van der Waals surface area contributed by atoms with Crippen LogP contribution in [0.1, 0.15) is 37.6 Å². The lowest BCUT2D eigenvalue weighted by atomic mass is 9.87. The molecule has 5 heteroatoms. The number of nitrogens with zero attached hydrogens (tertiary/aromatic N) is 2. The molecule has 0 unspecified atom stereocenters. The highest BCUT2D eigenvalue weighted by Gasteiger charge is 2.12. The minimum Gasteiger partial charge on any atom is -0.291 e. The maximum atomic E-state index is 11.3. The Hall–Kier alpha value is -2.43. The first-order valence-electron chi connectivity index (χ1n) is 6.82. The van der Waals surface area contributed by atoms with Crippen molar-refractivity contribution in [2.75, 3.05) is 5.43 Å². The predicted molar refractivity (Wildman–Crippen MR) is 86.0 cm³/mol. The average Bonchev–Trinajstić information content (AvgIpc) is 2.37.